The number of quaternary nitrogens is 2. The van der Waals surface area contributed by atoms with E-state index < -0.39 is 0 Å². The molecule has 1 fully saturated rings. The molecule has 158 valence electrons. The van der Waals surface area contributed by atoms with Gasteiger partial charge in [-0.3, -0.25) is 0 Å². The molecule has 0 amide bonds. The average molecular weight is 413 g/mol. The molecule has 2 N–H and O–H groups in total. The van der Waals surface area contributed by atoms with Crippen LogP contribution in [0.1, 0.15) is 29.9 Å². The zero-order chi connectivity index (χ0) is 20.9. The highest BCUT2D eigenvalue weighted by Gasteiger charge is 2.34. The maximum absolute atomic E-state index is 13.3. The number of rotatable bonds is 7. The Labute approximate surface area is 176 Å². The van der Waals surface area contributed by atoms with Crippen molar-refractivity contribution < 1.29 is 18.9 Å². The van der Waals surface area contributed by atoms with Crippen molar-refractivity contribution in [1.29, 1.82) is 0 Å². The lowest BCUT2D eigenvalue weighted by molar-refractivity contribution is -1.02. The maximum Gasteiger partial charge on any atom is 0.214 e. The quantitative estimate of drug-likeness (QED) is 0.563. The predicted octanol–water partition coefficient (Wildman–Crippen LogP) is -0.238. The standard InChI is InChI=1S/C22H27FN6O/c1-3-30-20-10-6-18(7-11-20)21(28-14-12-27(2)13-15-28)22-24-25-26-29(22)16-17-4-8-19(23)9-5-17/h4-11,21H,3,12-16H2,1-2H3/p+2/t21-/m1/s1. The summed E-state index contributed by atoms with van der Waals surface area (Å²) in [5.41, 5.74) is 2.14. The van der Waals surface area contributed by atoms with Gasteiger partial charge < -0.3 is 14.5 Å². The topological polar surface area (TPSA) is 61.7 Å². The third-order valence-electron chi connectivity index (χ3n) is 5.74. The zero-order valence-electron chi connectivity index (χ0n) is 17.5. The SMILES string of the molecule is CCOc1ccc([C@H](c2nnnn2Cc2ccc(F)cc2)[NH+]2CC[NH+](C)CC2)cc1. The van der Waals surface area contributed by atoms with E-state index in [4.69, 9.17) is 4.74 Å². The molecule has 30 heavy (non-hydrogen) atoms. The summed E-state index contributed by atoms with van der Waals surface area (Å²) in [6.45, 7) is 7.46. The fourth-order valence-corrected chi connectivity index (χ4v) is 4.07. The fraction of sp³-hybridized carbons (Fsp3) is 0.409. The zero-order valence-corrected chi connectivity index (χ0v) is 17.5. The molecule has 7 nitrogen and oxygen atoms in total. The molecule has 0 radical (unpaired) electrons. The van der Waals surface area contributed by atoms with E-state index in [2.05, 4.69) is 34.7 Å². The van der Waals surface area contributed by atoms with Crippen LogP contribution in [0.4, 0.5) is 4.39 Å². The first kappa shape index (κ1) is 20.4. The Morgan fingerprint density at radius 3 is 2.40 bits per heavy atom. The van der Waals surface area contributed by atoms with E-state index in [0.717, 1.165) is 43.3 Å². The van der Waals surface area contributed by atoms with Crippen LogP contribution < -0.4 is 14.5 Å². The van der Waals surface area contributed by atoms with Crippen molar-refractivity contribution in [1.82, 2.24) is 20.2 Å². The number of aromatic nitrogens is 4. The number of hydrogen-bond acceptors (Lipinski definition) is 4. The maximum atomic E-state index is 13.3. The van der Waals surface area contributed by atoms with Crippen molar-refractivity contribution in [2.24, 2.45) is 0 Å². The van der Waals surface area contributed by atoms with E-state index in [1.165, 1.54) is 22.6 Å². The molecule has 1 aliphatic rings. The van der Waals surface area contributed by atoms with E-state index >= 15 is 0 Å². The van der Waals surface area contributed by atoms with Crippen molar-refractivity contribution >= 4 is 0 Å². The van der Waals surface area contributed by atoms with Crippen molar-refractivity contribution in [3.63, 3.8) is 0 Å². The number of halogens is 1. The number of piperazine rings is 1. The Balaban J connectivity index is 1.66. The van der Waals surface area contributed by atoms with E-state index in [0.29, 0.717) is 13.2 Å². The molecule has 8 heteroatoms. The molecule has 1 aliphatic heterocycles. The smallest absolute Gasteiger partial charge is 0.214 e. The van der Waals surface area contributed by atoms with Crippen LogP contribution in [0.2, 0.25) is 0 Å². The highest BCUT2D eigenvalue weighted by Crippen LogP contribution is 2.21. The van der Waals surface area contributed by atoms with Crippen LogP contribution in [0.15, 0.2) is 48.5 Å². The van der Waals surface area contributed by atoms with Crippen LogP contribution in [0.3, 0.4) is 0 Å². The van der Waals surface area contributed by atoms with Gasteiger partial charge >= 0.3 is 0 Å². The Hall–Kier alpha value is -2.84. The summed E-state index contributed by atoms with van der Waals surface area (Å²) in [7, 11) is 2.24. The summed E-state index contributed by atoms with van der Waals surface area (Å²) >= 11 is 0. The monoisotopic (exact) mass is 412 g/mol. The van der Waals surface area contributed by atoms with Gasteiger partial charge in [0.15, 0.2) is 6.04 Å². The third-order valence-corrected chi connectivity index (χ3v) is 5.74. The van der Waals surface area contributed by atoms with Crippen LogP contribution >= 0.6 is 0 Å². The molecule has 1 aromatic heterocycles. The summed E-state index contributed by atoms with van der Waals surface area (Å²) in [6, 6.07) is 14.8. The molecule has 3 aromatic rings. The molecule has 0 spiro atoms. The minimum Gasteiger partial charge on any atom is -0.494 e. The number of ether oxygens (including phenoxy) is 1. The van der Waals surface area contributed by atoms with Crippen molar-refractivity contribution in [2.75, 3.05) is 39.8 Å². The lowest BCUT2D eigenvalue weighted by Gasteiger charge is -2.32. The first-order chi connectivity index (χ1) is 14.6. The number of tetrazole rings is 1. The van der Waals surface area contributed by atoms with Crippen molar-refractivity contribution in [3.05, 3.63) is 71.3 Å². The number of likely N-dealkylation sites (N-methyl/N-ethyl adjacent to an activating group) is 1. The Morgan fingerprint density at radius 1 is 1.03 bits per heavy atom. The van der Waals surface area contributed by atoms with Crippen LogP contribution in [-0.4, -0.2) is 60.0 Å². The second-order valence-electron chi connectivity index (χ2n) is 7.87. The van der Waals surface area contributed by atoms with Crippen LogP contribution in [-0.2, 0) is 6.54 Å². The lowest BCUT2D eigenvalue weighted by atomic mass is 10.0. The molecule has 0 aliphatic carbocycles. The van der Waals surface area contributed by atoms with Crippen molar-refractivity contribution in [3.8, 4) is 5.75 Å². The number of nitrogens with zero attached hydrogens (tertiary/aromatic N) is 4. The molecule has 1 saturated heterocycles. The minimum atomic E-state index is -0.243. The number of benzene rings is 2. The second kappa shape index (κ2) is 9.32. The number of nitrogens with one attached hydrogen (secondary N) is 2. The summed E-state index contributed by atoms with van der Waals surface area (Å²) in [5.74, 6) is 1.45. The van der Waals surface area contributed by atoms with Gasteiger partial charge in [-0.15, -0.1) is 5.10 Å². The highest BCUT2D eigenvalue weighted by molar-refractivity contribution is 5.31. The van der Waals surface area contributed by atoms with Gasteiger partial charge in [-0.1, -0.05) is 12.1 Å². The molecular weight excluding hydrogens is 383 g/mol. The van der Waals surface area contributed by atoms with Gasteiger partial charge in [0.1, 0.15) is 37.7 Å². The summed E-state index contributed by atoms with van der Waals surface area (Å²) < 4.78 is 20.8. The summed E-state index contributed by atoms with van der Waals surface area (Å²) in [4.78, 5) is 3.01. The van der Waals surface area contributed by atoms with Gasteiger partial charge in [-0.2, -0.15) is 0 Å². The summed E-state index contributed by atoms with van der Waals surface area (Å²) in [5, 5.41) is 12.7. The van der Waals surface area contributed by atoms with E-state index in [9.17, 15) is 4.39 Å². The van der Waals surface area contributed by atoms with Crippen LogP contribution in [0.25, 0.3) is 0 Å². The van der Waals surface area contributed by atoms with E-state index in [1.807, 2.05) is 23.7 Å². The van der Waals surface area contributed by atoms with Gasteiger partial charge in [-0.25, -0.2) is 9.07 Å². The molecule has 0 unspecified atom stereocenters. The molecule has 2 aromatic carbocycles. The molecule has 1 atom stereocenters. The summed E-state index contributed by atoms with van der Waals surface area (Å²) in [6.07, 6.45) is 0. The first-order valence-electron chi connectivity index (χ1n) is 10.5. The Bertz CT molecular complexity index is 935. The first-order valence-corrected chi connectivity index (χ1v) is 10.5. The van der Waals surface area contributed by atoms with Crippen LogP contribution in [0.5, 0.6) is 5.75 Å². The molecule has 0 bridgehead atoms. The largest absolute Gasteiger partial charge is 0.494 e. The van der Waals surface area contributed by atoms with Gasteiger partial charge in [0, 0.05) is 5.56 Å². The second-order valence-corrected chi connectivity index (χ2v) is 7.87. The number of hydrogen-bond donors (Lipinski definition) is 2. The van der Waals surface area contributed by atoms with Gasteiger partial charge in [0.2, 0.25) is 5.82 Å². The fourth-order valence-electron chi connectivity index (χ4n) is 4.07. The Morgan fingerprint density at radius 2 is 1.73 bits per heavy atom. The van der Waals surface area contributed by atoms with Gasteiger partial charge in [0.05, 0.1) is 20.2 Å². The van der Waals surface area contributed by atoms with Crippen LogP contribution in [0, 0.1) is 5.82 Å². The van der Waals surface area contributed by atoms with Crippen molar-refractivity contribution in [2.45, 2.75) is 19.5 Å². The molecular formula is C22H29FN6O+2. The van der Waals surface area contributed by atoms with E-state index in [1.54, 1.807) is 17.0 Å². The predicted molar refractivity (Wildman–Crippen MR) is 110 cm³/mol. The normalized spacial score (nSPS) is 20.1. The molecule has 4 rings (SSSR count). The lowest BCUT2D eigenvalue weighted by Crippen LogP contribution is -3.27. The highest BCUT2D eigenvalue weighted by atomic mass is 19.1. The third kappa shape index (κ3) is 4.66. The molecule has 2 heterocycles. The molecule has 0 saturated carbocycles. The average Bonchev–Trinajstić information content (AvgIpc) is 3.20. The van der Waals surface area contributed by atoms with Gasteiger partial charge in [-0.05, 0) is 59.3 Å². The van der Waals surface area contributed by atoms with Gasteiger partial charge in [0.25, 0.3) is 0 Å². The van der Waals surface area contributed by atoms with E-state index in [-0.39, 0.29) is 11.9 Å². The Kier molecular flexibility index (Phi) is 6.35. The minimum absolute atomic E-state index is 0.0317.